The molecule has 20 heavy (non-hydrogen) atoms. The molecule has 1 heterocycles. The van der Waals surface area contributed by atoms with Crippen molar-refractivity contribution in [3.05, 3.63) is 22.4 Å². The van der Waals surface area contributed by atoms with Crippen molar-refractivity contribution in [3.63, 3.8) is 0 Å². The Kier molecular flexibility index (Phi) is 6.72. The van der Waals surface area contributed by atoms with Crippen LogP contribution in [0.25, 0.3) is 0 Å². The van der Waals surface area contributed by atoms with Gasteiger partial charge in [0.05, 0.1) is 12.8 Å². The van der Waals surface area contributed by atoms with Gasteiger partial charge in [0.25, 0.3) is 0 Å². The number of nitrogens with zero attached hydrogens (tertiary/aromatic N) is 1. The number of thiophene rings is 1. The van der Waals surface area contributed by atoms with Gasteiger partial charge in [0.15, 0.2) is 0 Å². The van der Waals surface area contributed by atoms with Gasteiger partial charge in [-0.1, -0.05) is 6.07 Å². The van der Waals surface area contributed by atoms with Gasteiger partial charge in [-0.2, -0.15) is 0 Å². The second-order valence-corrected chi connectivity index (χ2v) is 5.31. The molecule has 1 amide bonds. The van der Waals surface area contributed by atoms with E-state index >= 15 is 0 Å². The number of carbonyl (C=O) groups is 3. The zero-order valence-electron chi connectivity index (χ0n) is 10.9. The van der Waals surface area contributed by atoms with E-state index in [2.05, 4.69) is 0 Å². The average molecular weight is 299 g/mol. The van der Waals surface area contributed by atoms with Crippen molar-refractivity contribution >= 4 is 29.2 Å². The smallest absolute Gasteiger partial charge is 0.305 e. The molecule has 7 heteroatoms. The maximum Gasteiger partial charge on any atom is 0.305 e. The number of carboxylic acid groups (broad SMARTS) is 2. The molecular formula is C13H17NO5S. The van der Waals surface area contributed by atoms with E-state index in [1.165, 1.54) is 16.2 Å². The fourth-order valence-corrected chi connectivity index (χ4v) is 2.38. The fraction of sp³-hybridized carbons (Fsp3) is 0.462. The third kappa shape index (κ3) is 6.33. The molecule has 0 radical (unpaired) electrons. The SMILES string of the molecule is O=C(O)CCCN(CCC(=O)O)C(=O)Cc1cccs1. The zero-order chi connectivity index (χ0) is 15.0. The lowest BCUT2D eigenvalue weighted by molar-refractivity contribution is -0.140. The second kappa shape index (κ2) is 8.31. The van der Waals surface area contributed by atoms with Crippen molar-refractivity contribution in [1.82, 2.24) is 4.90 Å². The lowest BCUT2D eigenvalue weighted by atomic mass is 10.2. The van der Waals surface area contributed by atoms with Crippen molar-refractivity contribution in [1.29, 1.82) is 0 Å². The van der Waals surface area contributed by atoms with E-state index < -0.39 is 11.9 Å². The lowest BCUT2D eigenvalue weighted by Gasteiger charge is -2.21. The lowest BCUT2D eigenvalue weighted by Crippen LogP contribution is -2.35. The summed E-state index contributed by atoms with van der Waals surface area (Å²) in [6, 6.07) is 3.69. The first-order valence-electron chi connectivity index (χ1n) is 6.23. The quantitative estimate of drug-likeness (QED) is 0.720. The van der Waals surface area contributed by atoms with Gasteiger partial charge in [-0.15, -0.1) is 11.3 Å². The Balaban J connectivity index is 2.52. The molecule has 1 aromatic heterocycles. The maximum atomic E-state index is 12.1. The summed E-state index contributed by atoms with van der Waals surface area (Å²) in [6.45, 7) is 0.378. The van der Waals surface area contributed by atoms with Crippen molar-refractivity contribution in [2.45, 2.75) is 25.7 Å². The number of rotatable bonds is 9. The molecule has 0 aromatic carbocycles. The summed E-state index contributed by atoms with van der Waals surface area (Å²) in [5.41, 5.74) is 0. The van der Waals surface area contributed by atoms with Crippen LogP contribution in [0.15, 0.2) is 17.5 Å². The molecular weight excluding hydrogens is 282 g/mol. The standard InChI is InChI=1S/C13H17NO5S/c15-11(9-10-3-2-8-20-10)14(7-5-13(18)19)6-1-4-12(16)17/h2-3,8H,1,4-7,9H2,(H,16,17)(H,18,19). The number of carbonyl (C=O) groups excluding carboxylic acids is 1. The summed E-state index contributed by atoms with van der Waals surface area (Å²) in [5, 5.41) is 19.1. The molecule has 110 valence electrons. The molecule has 0 fully saturated rings. The maximum absolute atomic E-state index is 12.1. The van der Waals surface area contributed by atoms with Crippen LogP contribution in [-0.2, 0) is 20.8 Å². The molecule has 0 unspecified atom stereocenters. The van der Waals surface area contributed by atoms with E-state index in [1.54, 1.807) is 0 Å². The number of amides is 1. The summed E-state index contributed by atoms with van der Waals surface area (Å²) in [6.07, 6.45) is 0.384. The first-order valence-corrected chi connectivity index (χ1v) is 7.10. The molecule has 6 nitrogen and oxygen atoms in total. The van der Waals surface area contributed by atoms with Crippen LogP contribution >= 0.6 is 11.3 Å². The topological polar surface area (TPSA) is 94.9 Å². The zero-order valence-corrected chi connectivity index (χ0v) is 11.8. The van der Waals surface area contributed by atoms with E-state index in [4.69, 9.17) is 10.2 Å². The highest BCUT2D eigenvalue weighted by Crippen LogP contribution is 2.11. The largest absolute Gasteiger partial charge is 0.481 e. The van der Waals surface area contributed by atoms with Gasteiger partial charge < -0.3 is 15.1 Å². The minimum Gasteiger partial charge on any atom is -0.481 e. The van der Waals surface area contributed by atoms with Crippen LogP contribution in [0, 0.1) is 0 Å². The van der Waals surface area contributed by atoms with Crippen LogP contribution in [0.5, 0.6) is 0 Å². The van der Waals surface area contributed by atoms with Crippen molar-refractivity contribution in [2.24, 2.45) is 0 Å². The van der Waals surface area contributed by atoms with Crippen LogP contribution in [0.1, 0.15) is 24.1 Å². The summed E-state index contributed by atoms with van der Waals surface area (Å²) < 4.78 is 0. The molecule has 0 bridgehead atoms. The highest BCUT2D eigenvalue weighted by molar-refractivity contribution is 7.10. The van der Waals surface area contributed by atoms with Gasteiger partial charge in [-0.05, 0) is 17.9 Å². The molecule has 0 saturated heterocycles. The third-order valence-electron chi connectivity index (χ3n) is 2.67. The second-order valence-electron chi connectivity index (χ2n) is 4.28. The number of hydrogen-bond acceptors (Lipinski definition) is 4. The molecule has 0 spiro atoms. The summed E-state index contributed by atoms with van der Waals surface area (Å²) >= 11 is 1.46. The number of carboxylic acids is 2. The first-order chi connectivity index (χ1) is 9.49. The van der Waals surface area contributed by atoms with Crippen molar-refractivity contribution < 1.29 is 24.6 Å². The Morgan fingerprint density at radius 2 is 1.80 bits per heavy atom. The Morgan fingerprint density at radius 1 is 1.10 bits per heavy atom. The normalized spacial score (nSPS) is 10.2. The summed E-state index contributed by atoms with van der Waals surface area (Å²) in [4.78, 5) is 35.5. The summed E-state index contributed by atoms with van der Waals surface area (Å²) in [5.74, 6) is -2.06. The number of aliphatic carboxylic acids is 2. The molecule has 1 aromatic rings. The van der Waals surface area contributed by atoms with Gasteiger partial charge in [-0.25, -0.2) is 0 Å². The monoisotopic (exact) mass is 299 g/mol. The predicted molar refractivity (Wildman–Crippen MR) is 73.7 cm³/mol. The van der Waals surface area contributed by atoms with Gasteiger partial charge in [0.2, 0.25) is 5.91 Å². The minimum atomic E-state index is -0.975. The van der Waals surface area contributed by atoms with Gasteiger partial charge in [0, 0.05) is 24.4 Å². The highest BCUT2D eigenvalue weighted by atomic mass is 32.1. The van der Waals surface area contributed by atoms with Crippen LogP contribution in [0.3, 0.4) is 0 Å². The van der Waals surface area contributed by atoms with E-state index in [0.29, 0.717) is 6.42 Å². The Labute approximate surface area is 120 Å². The number of hydrogen-bond donors (Lipinski definition) is 2. The van der Waals surface area contributed by atoms with Crippen LogP contribution in [-0.4, -0.2) is 46.0 Å². The van der Waals surface area contributed by atoms with Crippen LogP contribution in [0.2, 0.25) is 0 Å². The van der Waals surface area contributed by atoms with Gasteiger partial charge in [-0.3, -0.25) is 14.4 Å². The molecule has 0 aliphatic rings. The molecule has 0 aliphatic carbocycles. The molecule has 1 rings (SSSR count). The van der Waals surface area contributed by atoms with Crippen molar-refractivity contribution in [3.8, 4) is 0 Å². The summed E-state index contributed by atoms with van der Waals surface area (Å²) in [7, 11) is 0. The minimum absolute atomic E-state index is 0.0319. The van der Waals surface area contributed by atoms with E-state index in [9.17, 15) is 14.4 Å². The Morgan fingerprint density at radius 3 is 2.35 bits per heavy atom. The predicted octanol–water partition coefficient (Wildman–Crippen LogP) is 1.46. The Bertz CT molecular complexity index is 457. The first kappa shape index (κ1) is 16.2. The van der Waals surface area contributed by atoms with Crippen molar-refractivity contribution in [2.75, 3.05) is 13.1 Å². The van der Waals surface area contributed by atoms with Crippen LogP contribution < -0.4 is 0 Å². The Hall–Kier alpha value is -1.89. The average Bonchev–Trinajstić information content (AvgIpc) is 2.85. The molecule has 0 saturated carbocycles. The van der Waals surface area contributed by atoms with E-state index in [-0.39, 0.29) is 38.3 Å². The fourth-order valence-electron chi connectivity index (χ4n) is 1.69. The van der Waals surface area contributed by atoms with E-state index in [0.717, 1.165) is 4.88 Å². The highest BCUT2D eigenvalue weighted by Gasteiger charge is 2.16. The molecule has 2 N–H and O–H groups in total. The molecule has 0 atom stereocenters. The third-order valence-corrected chi connectivity index (χ3v) is 3.55. The van der Waals surface area contributed by atoms with Gasteiger partial charge >= 0.3 is 11.9 Å². The van der Waals surface area contributed by atoms with Gasteiger partial charge in [0.1, 0.15) is 0 Å². The van der Waals surface area contributed by atoms with E-state index in [1.807, 2.05) is 17.5 Å². The molecule has 0 aliphatic heterocycles. The van der Waals surface area contributed by atoms with Crippen LogP contribution in [0.4, 0.5) is 0 Å².